The third kappa shape index (κ3) is 2.94. The number of phenolic OH excluding ortho intramolecular Hbond substituents is 1. The highest BCUT2D eigenvalue weighted by Crippen LogP contribution is 2.21. The molecule has 0 heterocycles. The van der Waals surface area contributed by atoms with Crippen LogP contribution in [-0.2, 0) is 4.84 Å². The second-order valence-corrected chi connectivity index (χ2v) is 4.12. The number of hydrogen-bond donors (Lipinski definition) is 2. The Hall–Kier alpha value is -1.62. The molecule has 0 atom stereocenters. The maximum Gasteiger partial charge on any atom is 0.278 e. The van der Waals surface area contributed by atoms with Gasteiger partial charge in [-0.1, -0.05) is 12.8 Å². The number of hydroxylamine groups is 1. The van der Waals surface area contributed by atoms with Gasteiger partial charge in [0.15, 0.2) is 0 Å². The van der Waals surface area contributed by atoms with Gasteiger partial charge < -0.3 is 5.11 Å². The van der Waals surface area contributed by atoms with E-state index < -0.39 is 11.7 Å². The summed E-state index contributed by atoms with van der Waals surface area (Å²) in [7, 11) is 0. The molecule has 1 fully saturated rings. The Kier molecular flexibility index (Phi) is 3.58. The van der Waals surface area contributed by atoms with Gasteiger partial charge in [-0.05, 0) is 31.0 Å². The SMILES string of the molecule is O=C(NOC1CCCC1)c1cc(F)ccc1O. The summed E-state index contributed by atoms with van der Waals surface area (Å²) in [4.78, 5) is 16.8. The third-order valence-electron chi connectivity index (χ3n) is 2.82. The zero-order valence-corrected chi connectivity index (χ0v) is 9.28. The second kappa shape index (κ2) is 5.14. The molecule has 0 saturated heterocycles. The zero-order valence-electron chi connectivity index (χ0n) is 9.28. The van der Waals surface area contributed by atoms with Crippen LogP contribution in [0.25, 0.3) is 0 Å². The summed E-state index contributed by atoms with van der Waals surface area (Å²) in [5.41, 5.74) is 2.12. The van der Waals surface area contributed by atoms with E-state index in [1.165, 1.54) is 0 Å². The average molecular weight is 239 g/mol. The highest BCUT2D eigenvalue weighted by Gasteiger charge is 2.18. The number of halogens is 1. The van der Waals surface area contributed by atoms with E-state index in [0.29, 0.717) is 0 Å². The maximum atomic E-state index is 12.9. The van der Waals surface area contributed by atoms with E-state index in [2.05, 4.69) is 5.48 Å². The normalized spacial score (nSPS) is 16.1. The number of phenols is 1. The third-order valence-corrected chi connectivity index (χ3v) is 2.82. The van der Waals surface area contributed by atoms with Crippen molar-refractivity contribution in [3.8, 4) is 5.75 Å². The Bertz CT molecular complexity index is 416. The van der Waals surface area contributed by atoms with Gasteiger partial charge in [-0.15, -0.1) is 0 Å². The summed E-state index contributed by atoms with van der Waals surface area (Å²) < 4.78 is 12.9. The molecule has 4 nitrogen and oxygen atoms in total. The van der Waals surface area contributed by atoms with E-state index in [9.17, 15) is 14.3 Å². The van der Waals surface area contributed by atoms with Crippen molar-refractivity contribution in [2.24, 2.45) is 0 Å². The molecule has 17 heavy (non-hydrogen) atoms. The molecule has 0 bridgehead atoms. The number of nitrogens with one attached hydrogen (secondary N) is 1. The van der Waals surface area contributed by atoms with Crippen molar-refractivity contribution in [1.29, 1.82) is 0 Å². The molecule has 0 unspecified atom stereocenters. The molecule has 1 aromatic rings. The monoisotopic (exact) mass is 239 g/mol. The summed E-state index contributed by atoms with van der Waals surface area (Å²) in [6.07, 6.45) is 4.03. The fourth-order valence-corrected chi connectivity index (χ4v) is 1.89. The number of rotatable bonds is 3. The van der Waals surface area contributed by atoms with E-state index in [4.69, 9.17) is 4.84 Å². The van der Waals surface area contributed by atoms with Crippen LogP contribution in [0.15, 0.2) is 18.2 Å². The Morgan fingerprint density at radius 3 is 2.82 bits per heavy atom. The van der Waals surface area contributed by atoms with E-state index in [1.807, 2.05) is 0 Å². The fourth-order valence-electron chi connectivity index (χ4n) is 1.89. The van der Waals surface area contributed by atoms with Crippen LogP contribution in [0.5, 0.6) is 5.75 Å². The molecule has 1 aliphatic rings. The molecule has 1 aliphatic carbocycles. The van der Waals surface area contributed by atoms with Gasteiger partial charge in [-0.2, -0.15) is 0 Å². The van der Waals surface area contributed by atoms with E-state index in [0.717, 1.165) is 43.9 Å². The molecule has 1 aromatic carbocycles. The van der Waals surface area contributed by atoms with Crippen molar-refractivity contribution in [3.05, 3.63) is 29.6 Å². The smallest absolute Gasteiger partial charge is 0.278 e. The molecule has 5 heteroatoms. The summed E-state index contributed by atoms with van der Waals surface area (Å²) in [5, 5.41) is 9.41. The second-order valence-electron chi connectivity index (χ2n) is 4.12. The Labute approximate surface area is 98.4 Å². The molecule has 0 aliphatic heterocycles. The van der Waals surface area contributed by atoms with Gasteiger partial charge in [-0.25, -0.2) is 9.87 Å². The molecule has 92 valence electrons. The van der Waals surface area contributed by atoms with Gasteiger partial charge in [0, 0.05) is 0 Å². The van der Waals surface area contributed by atoms with E-state index >= 15 is 0 Å². The minimum atomic E-state index is -0.631. The summed E-state index contributed by atoms with van der Waals surface area (Å²) in [5.74, 6) is -1.47. The summed E-state index contributed by atoms with van der Waals surface area (Å²) in [6, 6.07) is 3.20. The Balaban J connectivity index is 1.96. The lowest BCUT2D eigenvalue weighted by atomic mass is 10.2. The molecule has 2 rings (SSSR count). The lowest BCUT2D eigenvalue weighted by molar-refractivity contribution is -0.0126. The molecular weight excluding hydrogens is 225 g/mol. The first-order valence-corrected chi connectivity index (χ1v) is 5.61. The van der Waals surface area contributed by atoms with Crippen molar-refractivity contribution in [1.82, 2.24) is 5.48 Å². The average Bonchev–Trinajstić information content (AvgIpc) is 2.82. The molecule has 0 spiro atoms. The number of amides is 1. The fraction of sp³-hybridized carbons (Fsp3) is 0.417. The van der Waals surface area contributed by atoms with Gasteiger partial charge in [0.25, 0.3) is 5.91 Å². The summed E-state index contributed by atoms with van der Waals surface area (Å²) in [6.45, 7) is 0. The first kappa shape index (κ1) is 11.9. The standard InChI is InChI=1S/C12H14FNO3/c13-8-5-6-11(15)10(7-8)12(16)14-17-9-3-1-2-4-9/h5-7,9,15H,1-4H2,(H,14,16). The van der Waals surface area contributed by atoms with Gasteiger partial charge in [0.05, 0.1) is 11.7 Å². The van der Waals surface area contributed by atoms with Gasteiger partial charge in [-0.3, -0.25) is 9.63 Å². The Morgan fingerprint density at radius 2 is 2.12 bits per heavy atom. The topological polar surface area (TPSA) is 58.6 Å². The van der Waals surface area contributed by atoms with Crippen LogP contribution in [0, 0.1) is 5.82 Å². The molecule has 0 aromatic heterocycles. The maximum absolute atomic E-state index is 12.9. The van der Waals surface area contributed by atoms with Crippen molar-refractivity contribution >= 4 is 5.91 Å². The lowest BCUT2D eigenvalue weighted by Crippen LogP contribution is -2.28. The minimum Gasteiger partial charge on any atom is -0.507 e. The largest absolute Gasteiger partial charge is 0.507 e. The van der Waals surface area contributed by atoms with Crippen LogP contribution in [0.2, 0.25) is 0 Å². The van der Waals surface area contributed by atoms with Crippen LogP contribution in [0.1, 0.15) is 36.0 Å². The predicted molar refractivity (Wildman–Crippen MR) is 58.9 cm³/mol. The lowest BCUT2D eigenvalue weighted by Gasteiger charge is -2.11. The number of hydrogen-bond acceptors (Lipinski definition) is 3. The van der Waals surface area contributed by atoms with Crippen LogP contribution in [0.3, 0.4) is 0 Å². The number of benzene rings is 1. The van der Waals surface area contributed by atoms with Crippen molar-refractivity contribution in [2.75, 3.05) is 0 Å². The number of carbonyl (C=O) groups excluding carboxylic acids is 1. The molecule has 1 saturated carbocycles. The van der Waals surface area contributed by atoms with Crippen molar-refractivity contribution < 1.29 is 19.1 Å². The van der Waals surface area contributed by atoms with Gasteiger partial charge >= 0.3 is 0 Å². The van der Waals surface area contributed by atoms with E-state index in [1.54, 1.807) is 0 Å². The van der Waals surface area contributed by atoms with Gasteiger partial charge in [0.2, 0.25) is 0 Å². The highest BCUT2D eigenvalue weighted by molar-refractivity contribution is 5.96. The quantitative estimate of drug-likeness (QED) is 0.794. The zero-order chi connectivity index (χ0) is 12.3. The van der Waals surface area contributed by atoms with Crippen LogP contribution in [0.4, 0.5) is 4.39 Å². The molecule has 0 radical (unpaired) electrons. The predicted octanol–water partition coefficient (Wildman–Crippen LogP) is 2.14. The van der Waals surface area contributed by atoms with Crippen LogP contribution < -0.4 is 5.48 Å². The first-order valence-electron chi connectivity index (χ1n) is 5.61. The molecule has 2 N–H and O–H groups in total. The van der Waals surface area contributed by atoms with Gasteiger partial charge in [0.1, 0.15) is 11.6 Å². The van der Waals surface area contributed by atoms with Crippen LogP contribution >= 0.6 is 0 Å². The minimum absolute atomic E-state index is 0.0228. The first-order chi connectivity index (χ1) is 8.16. The number of aromatic hydroxyl groups is 1. The molecule has 1 amide bonds. The number of carbonyl (C=O) groups is 1. The van der Waals surface area contributed by atoms with Crippen molar-refractivity contribution in [3.63, 3.8) is 0 Å². The highest BCUT2D eigenvalue weighted by atomic mass is 19.1. The van der Waals surface area contributed by atoms with Crippen molar-refractivity contribution in [2.45, 2.75) is 31.8 Å². The van der Waals surface area contributed by atoms with Crippen LogP contribution in [-0.4, -0.2) is 17.1 Å². The molecular formula is C12H14FNO3. The summed E-state index contributed by atoms with van der Waals surface area (Å²) >= 11 is 0. The van der Waals surface area contributed by atoms with E-state index in [-0.39, 0.29) is 17.4 Å². The Morgan fingerprint density at radius 1 is 1.41 bits per heavy atom.